The van der Waals surface area contributed by atoms with Crippen molar-refractivity contribution in [2.45, 2.75) is 64.5 Å². The second-order valence-electron chi connectivity index (χ2n) is 7.93. The monoisotopic (exact) mass is 381 g/mol. The Labute approximate surface area is 165 Å². The third-order valence-corrected chi connectivity index (χ3v) is 5.46. The van der Waals surface area contributed by atoms with E-state index >= 15 is 0 Å². The predicted molar refractivity (Wildman–Crippen MR) is 106 cm³/mol. The van der Waals surface area contributed by atoms with Gasteiger partial charge in [0.25, 0.3) is 0 Å². The molecule has 0 aliphatic carbocycles. The van der Waals surface area contributed by atoms with Crippen LogP contribution in [0.15, 0.2) is 24.3 Å². The van der Waals surface area contributed by atoms with Gasteiger partial charge in [0.05, 0.1) is 6.04 Å². The van der Waals surface area contributed by atoms with Crippen molar-refractivity contribution >= 4 is 17.5 Å². The lowest BCUT2D eigenvalue weighted by molar-refractivity contribution is -0.124. The first-order valence-corrected chi connectivity index (χ1v) is 10.1. The summed E-state index contributed by atoms with van der Waals surface area (Å²) in [6.45, 7) is 5.01. The minimum atomic E-state index is -0.155. The molecule has 2 aliphatic heterocycles. The Kier molecular flexibility index (Phi) is 5.15. The number of nitrogens with one attached hydrogen (secondary N) is 1. The zero-order valence-electron chi connectivity index (χ0n) is 16.5. The van der Waals surface area contributed by atoms with Crippen LogP contribution in [0, 0.1) is 0 Å². The van der Waals surface area contributed by atoms with E-state index < -0.39 is 0 Å². The van der Waals surface area contributed by atoms with Crippen molar-refractivity contribution in [3.05, 3.63) is 41.5 Å². The van der Waals surface area contributed by atoms with Gasteiger partial charge < -0.3 is 10.2 Å². The number of carbonyl (C=O) groups excluding carboxylic acids is 2. The summed E-state index contributed by atoms with van der Waals surface area (Å²) in [7, 11) is 0. The zero-order chi connectivity index (χ0) is 19.7. The van der Waals surface area contributed by atoms with Gasteiger partial charge in [0, 0.05) is 24.6 Å². The van der Waals surface area contributed by atoms with Crippen LogP contribution >= 0.6 is 0 Å². The maximum Gasteiger partial charge on any atom is 0.240 e. The molecule has 2 aliphatic rings. The first kappa shape index (κ1) is 18.7. The number of nitrogens with zero attached hydrogens (tertiary/aromatic N) is 4. The van der Waals surface area contributed by atoms with Gasteiger partial charge in [-0.2, -0.15) is 5.10 Å². The second kappa shape index (κ2) is 7.73. The number of hydrogen-bond donors (Lipinski definition) is 1. The average Bonchev–Trinajstić information content (AvgIpc) is 3.06. The van der Waals surface area contributed by atoms with Gasteiger partial charge in [-0.1, -0.05) is 32.0 Å². The third-order valence-electron chi connectivity index (χ3n) is 5.46. The van der Waals surface area contributed by atoms with Crippen LogP contribution in [-0.4, -0.2) is 33.1 Å². The molecule has 0 radical (unpaired) electrons. The average molecular weight is 381 g/mol. The minimum Gasteiger partial charge on any atom is -0.345 e. The van der Waals surface area contributed by atoms with E-state index in [0.717, 1.165) is 55.1 Å². The Balaban J connectivity index is 1.50. The van der Waals surface area contributed by atoms with Crippen LogP contribution in [0.1, 0.15) is 68.7 Å². The molecule has 1 atom stereocenters. The van der Waals surface area contributed by atoms with Crippen molar-refractivity contribution in [2.24, 2.45) is 0 Å². The van der Waals surface area contributed by atoms with E-state index in [0.29, 0.717) is 6.42 Å². The molecule has 1 N–H and O–H groups in total. The quantitative estimate of drug-likeness (QED) is 0.883. The van der Waals surface area contributed by atoms with E-state index in [1.54, 1.807) is 4.90 Å². The van der Waals surface area contributed by atoms with Gasteiger partial charge >= 0.3 is 0 Å². The van der Waals surface area contributed by atoms with E-state index in [-0.39, 0.29) is 30.3 Å². The summed E-state index contributed by atoms with van der Waals surface area (Å²) in [4.78, 5) is 31.7. The van der Waals surface area contributed by atoms with Gasteiger partial charge in [0.2, 0.25) is 11.8 Å². The molecule has 0 spiro atoms. The van der Waals surface area contributed by atoms with E-state index in [1.165, 1.54) is 0 Å². The number of benzene rings is 1. The van der Waals surface area contributed by atoms with Gasteiger partial charge in [0.15, 0.2) is 5.82 Å². The molecule has 1 aromatic heterocycles. The maximum absolute atomic E-state index is 12.8. The molecule has 0 saturated heterocycles. The number of aromatic nitrogens is 3. The van der Waals surface area contributed by atoms with Crippen LogP contribution in [0.4, 0.5) is 5.69 Å². The van der Waals surface area contributed by atoms with Crippen molar-refractivity contribution in [2.75, 3.05) is 11.4 Å². The summed E-state index contributed by atoms with van der Waals surface area (Å²) >= 11 is 0. The third kappa shape index (κ3) is 3.66. The summed E-state index contributed by atoms with van der Waals surface area (Å²) in [5, 5.41) is 7.66. The van der Waals surface area contributed by atoms with Crippen molar-refractivity contribution in [3.63, 3.8) is 0 Å². The molecule has 0 unspecified atom stereocenters. The SMILES string of the molecule is CC(C)c1nc2n(n1)CCC[C@H]2NC(=O)CN1C(=O)CCCc2ccccc21. The topological polar surface area (TPSA) is 80.1 Å². The summed E-state index contributed by atoms with van der Waals surface area (Å²) in [6, 6.07) is 7.71. The zero-order valence-corrected chi connectivity index (χ0v) is 16.5. The largest absolute Gasteiger partial charge is 0.345 e. The van der Waals surface area contributed by atoms with Crippen molar-refractivity contribution in [3.8, 4) is 0 Å². The molecule has 3 heterocycles. The standard InChI is InChI=1S/C21H27N5O2/c1-14(2)20-23-21-16(9-6-12-26(21)24-20)22-18(27)13-25-17-10-4-3-7-15(17)8-5-11-19(25)28/h3-4,7,10,14,16H,5-6,8-9,11-13H2,1-2H3,(H,22,27)/t16-/m1/s1. The lowest BCUT2D eigenvalue weighted by Crippen LogP contribution is -2.43. The fourth-order valence-electron chi connectivity index (χ4n) is 3.99. The highest BCUT2D eigenvalue weighted by atomic mass is 16.2. The Bertz CT molecular complexity index is 889. The Morgan fingerprint density at radius 2 is 2.07 bits per heavy atom. The van der Waals surface area contributed by atoms with Gasteiger partial charge in [-0.05, 0) is 37.3 Å². The second-order valence-corrected chi connectivity index (χ2v) is 7.93. The summed E-state index contributed by atoms with van der Waals surface area (Å²) in [6.07, 6.45) is 3.94. The molecule has 0 saturated carbocycles. The van der Waals surface area contributed by atoms with Crippen molar-refractivity contribution < 1.29 is 9.59 Å². The van der Waals surface area contributed by atoms with Gasteiger partial charge in [0.1, 0.15) is 12.4 Å². The first-order valence-electron chi connectivity index (χ1n) is 10.1. The molecule has 7 nitrogen and oxygen atoms in total. The summed E-state index contributed by atoms with van der Waals surface area (Å²) in [5.74, 6) is 1.74. The molecular formula is C21H27N5O2. The van der Waals surface area contributed by atoms with Crippen LogP contribution in [0.25, 0.3) is 0 Å². The Hall–Kier alpha value is -2.70. The lowest BCUT2D eigenvalue weighted by atomic mass is 10.1. The maximum atomic E-state index is 12.8. The number of hydrogen-bond acceptors (Lipinski definition) is 4. The normalized spacial score (nSPS) is 19.2. The van der Waals surface area contributed by atoms with Crippen LogP contribution in [0.3, 0.4) is 0 Å². The van der Waals surface area contributed by atoms with Crippen LogP contribution in [-0.2, 0) is 22.6 Å². The number of aryl methyl sites for hydroxylation is 2. The summed E-state index contributed by atoms with van der Waals surface area (Å²) < 4.78 is 1.91. The number of fused-ring (bicyclic) bond motifs is 2. The Morgan fingerprint density at radius 1 is 1.25 bits per heavy atom. The molecule has 148 valence electrons. The summed E-state index contributed by atoms with van der Waals surface area (Å²) in [5.41, 5.74) is 1.98. The van der Waals surface area contributed by atoms with Crippen molar-refractivity contribution in [1.82, 2.24) is 20.1 Å². The van der Waals surface area contributed by atoms with Gasteiger partial charge in [-0.3, -0.25) is 9.59 Å². The number of rotatable bonds is 4. The van der Waals surface area contributed by atoms with E-state index in [1.807, 2.05) is 28.9 Å². The van der Waals surface area contributed by atoms with Crippen LogP contribution in [0.2, 0.25) is 0 Å². The van der Waals surface area contributed by atoms with E-state index in [4.69, 9.17) is 0 Å². The number of carbonyl (C=O) groups is 2. The number of para-hydroxylation sites is 1. The van der Waals surface area contributed by atoms with Crippen LogP contribution < -0.4 is 10.2 Å². The molecule has 1 aromatic carbocycles. The molecule has 7 heteroatoms. The first-order chi connectivity index (χ1) is 13.5. The smallest absolute Gasteiger partial charge is 0.240 e. The molecule has 2 amide bonds. The van der Waals surface area contributed by atoms with Crippen LogP contribution in [0.5, 0.6) is 0 Å². The Morgan fingerprint density at radius 3 is 2.89 bits per heavy atom. The van der Waals surface area contributed by atoms with Gasteiger partial charge in [-0.15, -0.1) is 0 Å². The fraction of sp³-hybridized carbons (Fsp3) is 0.524. The molecule has 2 aromatic rings. The van der Waals surface area contributed by atoms with Gasteiger partial charge in [-0.25, -0.2) is 9.67 Å². The molecule has 28 heavy (non-hydrogen) atoms. The number of amides is 2. The van der Waals surface area contributed by atoms with E-state index in [9.17, 15) is 9.59 Å². The fourth-order valence-corrected chi connectivity index (χ4v) is 3.99. The lowest BCUT2D eigenvalue weighted by Gasteiger charge is -2.26. The molecule has 4 rings (SSSR count). The molecular weight excluding hydrogens is 354 g/mol. The van der Waals surface area contributed by atoms with Crippen molar-refractivity contribution in [1.29, 1.82) is 0 Å². The van der Waals surface area contributed by atoms with E-state index in [2.05, 4.69) is 29.2 Å². The molecule has 0 bridgehead atoms. The molecule has 0 fully saturated rings. The highest BCUT2D eigenvalue weighted by Gasteiger charge is 2.29. The minimum absolute atomic E-state index is 0.00834. The highest BCUT2D eigenvalue weighted by Crippen LogP contribution is 2.28. The predicted octanol–water partition coefficient (Wildman–Crippen LogP) is 2.72. The highest BCUT2D eigenvalue weighted by molar-refractivity contribution is 5.99. The number of anilines is 1.